The quantitative estimate of drug-likeness (QED) is 0.818. The van der Waals surface area contributed by atoms with Crippen LogP contribution in [0.25, 0.3) is 11.5 Å². The monoisotopic (exact) mass is 359 g/mol. The minimum absolute atomic E-state index is 0.247. The molecule has 0 aromatic carbocycles. The lowest BCUT2D eigenvalue weighted by Crippen LogP contribution is -2.09. The van der Waals surface area contributed by atoms with Gasteiger partial charge in [0, 0.05) is 23.2 Å². The van der Waals surface area contributed by atoms with E-state index in [9.17, 15) is 0 Å². The smallest absolute Gasteiger partial charge is 0.182 e. The minimum Gasteiger partial charge on any atom is -0.383 e. The molecular formula is C17H15Cl2N5. The van der Waals surface area contributed by atoms with Crippen molar-refractivity contribution in [2.24, 2.45) is 0 Å². The number of alkyl halides is 1. The minimum atomic E-state index is -0.247. The third-order valence-electron chi connectivity index (χ3n) is 3.54. The number of rotatable bonds is 3. The molecular weight excluding hydrogens is 345 g/mol. The summed E-state index contributed by atoms with van der Waals surface area (Å²) in [5, 5.41) is 0.316. The van der Waals surface area contributed by atoms with Crippen molar-refractivity contribution in [3.05, 3.63) is 64.9 Å². The number of hydrogen-bond donors (Lipinski definition) is 2. The Morgan fingerprint density at radius 3 is 2.54 bits per heavy atom. The number of aromatic nitrogens is 3. The van der Waals surface area contributed by atoms with Gasteiger partial charge < -0.3 is 11.5 Å². The van der Waals surface area contributed by atoms with Gasteiger partial charge in [0.05, 0.1) is 5.38 Å². The molecule has 2 aromatic heterocycles. The van der Waals surface area contributed by atoms with Crippen LogP contribution in [0, 0.1) is 0 Å². The molecule has 24 heavy (non-hydrogen) atoms. The molecule has 0 fully saturated rings. The maximum Gasteiger partial charge on any atom is 0.182 e. The molecule has 0 saturated heterocycles. The first-order chi connectivity index (χ1) is 11.5. The maximum atomic E-state index is 6.30. The first kappa shape index (κ1) is 16.5. The van der Waals surface area contributed by atoms with Crippen LogP contribution in [-0.2, 0) is 6.42 Å². The molecule has 0 amide bonds. The van der Waals surface area contributed by atoms with Gasteiger partial charge in [-0.3, -0.25) is 4.98 Å². The van der Waals surface area contributed by atoms with Gasteiger partial charge >= 0.3 is 0 Å². The second kappa shape index (κ2) is 7.03. The number of allylic oxidation sites excluding steroid dienone is 6. The number of anilines is 2. The molecule has 1 atom stereocenters. The third-order valence-corrected chi connectivity index (χ3v) is 4.18. The third kappa shape index (κ3) is 3.58. The number of nitrogens with two attached hydrogens (primary N) is 2. The molecule has 7 heteroatoms. The van der Waals surface area contributed by atoms with Crippen LogP contribution in [0.1, 0.15) is 5.56 Å². The molecule has 4 N–H and O–H groups in total. The van der Waals surface area contributed by atoms with Gasteiger partial charge in [0.1, 0.15) is 17.3 Å². The van der Waals surface area contributed by atoms with Crippen LogP contribution in [-0.4, -0.2) is 20.3 Å². The Morgan fingerprint density at radius 1 is 1.12 bits per heavy atom. The highest BCUT2D eigenvalue weighted by molar-refractivity contribution is 6.33. The lowest BCUT2D eigenvalue weighted by Gasteiger charge is -2.12. The zero-order valence-corrected chi connectivity index (χ0v) is 14.2. The average molecular weight is 360 g/mol. The molecule has 3 rings (SSSR count). The molecule has 2 heterocycles. The topological polar surface area (TPSA) is 90.7 Å². The molecule has 5 nitrogen and oxygen atoms in total. The first-order valence-corrected chi connectivity index (χ1v) is 8.08. The Balaban J connectivity index is 1.94. The summed E-state index contributed by atoms with van der Waals surface area (Å²) in [6, 6.07) is 5.46. The number of nitrogens with zero attached hydrogens (tertiary/aromatic N) is 3. The Morgan fingerprint density at radius 2 is 1.88 bits per heavy atom. The van der Waals surface area contributed by atoms with Crippen molar-refractivity contribution in [1.29, 1.82) is 0 Å². The van der Waals surface area contributed by atoms with Crippen molar-refractivity contribution in [2.75, 3.05) is 11.5 Å². The predicted molar refractivity (Wildman–Crippen MR) is 98.6 cm³/mol. The molecule has 0 spiro atoms. The van der Waals surface area contributed by atoms with Gasteiger partial charge in [0.15, 0.2) is 5.82 Å². The summed E-state index contributed by atoms with van der Waals surface area (Å²) in [5.74, 6) is 1.01. The van der Waals surface area contributed by atoms with Crippen LogP contribution in [0.3, 0.4) is 0 Å². The van der Waals surface area contributed by atoms with Gasteiger partial charge in [-0.25, -0.2) is 9.97 Å². The molecule has 1 aliphatic carbocycles. The lowest BCUT2D eigenvalue weighted by atomic mass is 10.1. The number of pyridine rings is 1. The summed E-state index contributed by atoms with van der Waals surface area (Å²) in [7, 11) is 0. The lowest BCUT2D eigenvalue weighted by molar-refractivity contribution is 1.08. The molecule has 1 unspecified atom stereocenters. The van der Waals surface area contributed by atoms with Crippen molar-refractivity contribution in [3.8, 4) is 11.5 Å². The number of halogens is 2. The fourth-order valence-corrected chi connectivity index (χ4v) is 2.84. The second-order valence-electron chi connectivity index (χ2n) is 5.22. The van der Waals surface area contributed by atoms with Crippen molar-refractivity contribution >= 4 is 34.8 Å². The van der Waals surface area contributed by atoms with Crippen LogP contribution in [0.5, 0.6) is 0 Å². The number of nitrogen functional groups attached to an aromatic ring is 2. The molecule has 0 saturated carbocycles. The first-order valence-electron chi connectivity index (χ1n) is 7.27. The van der Waals surface area contributed by atoms with Crippen LogP contribution in [0.15, 0.2) is 59.3 Å². The van der Waals surface area contributed by atoms with Gasteiger partial charge in [0.2, 0.25) is 0 Å². The van der Waals surface area contributed by atoms with Gasteiger partial charge in [-0.05, 0) is 23.8 Å². The summed E-state index contributed by atoms with van der Waals surface area (Å²) >= 11 is 12.4. The molecule has 2 aromatic rings. The zero-order valence-electron chi connectivity index (χ0n) is 12.7. The van der Waals surface area contributed by atoms with E-state index in [2.05, 4.69) is 15.0 Å². The van der Waals surface area contributed by atoms with E-state index in [1.807, 2.05) is 30.4 Å². The van der Waals surface area contributed by atoms with Gasteiger partial charge in [0.25, 0.3) is 0 Å². The maximum absolute atomic E-state index is 6.30. The van der Waals surface area contributed by atoms with E-state index in [0.717, 1.165) is 5.57 Å². The van der Waals surface area contributed by atoms with Crippen LogP contribution in [0.2, 0.25) is 0 Å². The summed E-state index contributed by atoms with van der Waals surface area (Å²) in [6.07, 6.45) is 9.41. The van der Waals surface area contributed by atoms with Gasteiger partial charge in [-0.1, -0.05) is 35.9 Å². The fourth-order valence-electron chi connectivity index (χ4n) is 2.30. The standard InChI is InChI=1S/C17H15Cl2N5/c18-11-5-3-4-10(13(19)9-11)8-12-15(20)23-17(24-16(12)21)14-6-1-2-7-22-14/h1-7,9,11H,8H2,(H4,20,21,23,24). The Kier molecular flexibility index (Phi) is 4.83. The van der Waals surface area contributed by atoms with Crippen molar-refractivity contribution in [2.45, 2.75) is 11.8 Å². The summed E-state index contributed by atoms with van der Waals surface area (Å²) in [6.45, 7) is 0. The van der Waals surface area contributed by atoms with E-state index in [1.54, 1.807) is 18.3 Å². The van der Waals surface area contributed by atoms with E-state index >= 15 is 0 Å². The summed E-state index contributed by atoms with van der Waals surface area (Å²) in [5.41, 5.74) is 14.3. The van der Waals surface area contributed by atoms with E-state index < -0.39 is 0 Å². The SMILES string of the molecule is Nc1nc(-c2ccccn2)nc(N)c1CC1=CC=CC(Cl)C=C1Cl. The molecule has 0 aliphatic heterocycles. The average Bonchev–Trinajstić information content (AvgIpc) is 2.72. The largest absolute Gasteiger partial charge is 0.383 e. The van der Waals surface area contributed by atoms with E-state index in [4.69, 9.17) is 34.7 Å². The van der Waals surface area contributed by atoms with Crippen LogP contribution in [0.4, 0.5) is 11.6 Å². The summed E-state index contributed by atoms with van der Waals surface area (Å²) in [4.78, 5) is 12.9. The van der Waals surface area contributed by atoms with Crippen molar-refractivity contribution in [1.82, 2.24) is 15.0 Å². The van der Waals surface area contributed by atoms with E-state index in [-0.39, 0.29) is 5.38 Å². The van der Waals surface area contributed by atoms with Gasteiger partial charge in [-0.15, -0.1) is 11.6 Å². The van der Waals surface area contributed by atoms with Crippen molar-refractivity contribution < 1.29 is 0 Å². The Hall–Kier alpha value is -2.37. The van der Waals surface area contributed by atoms with Crippen LogP contribution < -0.4 is 11.5 Å². The molecule has 0 radical (unpaired) electrons. The highest BCUT2D eigenvalue weighted by Crippen LogP contribution is 2.29. The highest BCUT2D eigenvalue weighted by Gasteiger charge is 2.16. The molecule has 122 valence electrons. The van der Waals surface area contributed by atoms with Gasteiger partial charge in [-0.2, -0.15) is 0 Å². The second-order valence-corrected chi connectivity index (χ2v) is 6.13. The highest BCUT2D eigenvalue weighted by atomic mass is 35.5. The van der Waals surface area contributed by atoms with Crippen LogP contribution >= 0.6 is 23.2 Å². The Labute approximate surface area is 149 Å². The zero-order chi connectivity index (χ0) is 17.1. The van der Waals surface area contributed by atoms with E-state index in [1.165, 1.54) is 0 Å². The molecule has 0 bridgehead atoms. The normalized spacial score (nSPS) is 17.2. The fraction of sp³-hybridized carbons (Fsp3) is 0.118. The van der Waals surface area contributed by atoms with Crippen molar-refractivity contribution in [3.63, 3.8) is 0 Å². The predicted octanol–water partition coefficient (Wildman–Crippen LogP) is 3.47. The van der Waals surface area contributed by atoms with E-state index in [0.29, 0.717) is 40.2 Å². The number of hydrogen-bond acceptors (Lipinski definition) is 5. The molecule has 1 aliphatic rings. The summed E-state index contributed by atoms with van der Waals surface area (Å²) < 4.78 is 0. The Bertz CT molecular complexity index is 820.